The van der Waals surface area contributed by atoms with E-state index in [0.29, 0.717) is 5.69 Å². The van der Waals surface area contributed by atoms with Gasteiger partial charge in [0.1, 0.15) is 6.54 Å². The molecule has 2 rings (SSSR count). The van der Waals surface area contributed by atoms with Crippen LogP contribution in [0.5, 0.6) is 0 Å². The fourth-order valence-corrected chi connectivity index (χ4v) is 3.67. The van der Waals surface area contributed by atoms with Gasteiger partial charge in [-0.1, -0.05) is 29.8 Å². The van der Waals surface area contributed by atoms with Crippen LogP contribution in [0.3, 0.4) is 0 Å². The van der Waals surface area contributed by atoms with Crippen molar-refractivity contribution < 1.29 is 27.5 Å². The van der Waals surface area contributed by atoms with E-state index in [1.54, 1.807) is 24.3 Å². The minimum atomic E-state index is -3.88. The number of urea groups is 1. The summed E-state index contributed by atoms with van der Waals surface area (Å²) in [7, 11) is -2.65. The van der Waals surface area contributed by atoms with Crippen LogP contribution in [-0.2, 0) is 24.3 Å². The van der Waals surface area contributed by atoms with Gasteiger partial charge < -0.3 is 10.1 Å². The quantitative estimate of drug-likeness (QED) is 0.627. The molecular formula is C21H25N3O6S. The highest BCUT2D eigenvalue weighted by Crippen LogP contribution is 2.17. The number of esters is 1. The molecule has 0 aliphatic rings. The number of hydrogen-bond donors (Lipinski definition) is 2. The molecule has 9 nitrogen and oxygen atoms in total. The average Bonchev–Trinajstić information content (AvgIpc) is 2.70. The van der Waals surface area contributed by atoms with Crippen molar-refractivity contribution in [1.29, 1.82) is 0 Å². The van der Waals surface area contributed by atoms with Crippen LogP contribution in [0.2, 0.25) is 0 Å². The van der Waals surface area contributed by atoms with E-state index in [-0.39, 0.29) is 4.90 Å². The van der Waals surface area contributed by atoms with Crippen LogP contribution in [0.25, 0.3) is 0 Å². The lowest BCUT2D eigenvalue weighted by Crippen LogP contribution is -2.39. The molecule has 10 heteroatoms. The van der Waals surface area contributed by atoms with Crippen LogP contribution in [0, 0.1) is 20.8 Å². The predicted molar refractivity (Wildman–Crippen MR) is 115 cm³/mol. The number of carbonyl (C=O) groups is 3. The van der Waals surface area contributed by atoms with E-state index in [2.05, 4.69) is 5.32 Å². The number of anilines is 1. The molecule has 0 saturated heterocycles. The number of aryl methyl sites for hydroxylation is 2. The number of ether oxygens (including phenoxy) is 1. The number of nitrogens with one attached hydrogen (secondary N) is 2. The minimum Gasteiger partial charge on any atom is -0.455 e. The average molecular weight is 448 g/mol. The lowest BCUT2D eigenvalue weighted by molar-refractivity contribution is -0.148. The van der Waals surface area contributed by atoms with Crippen molar-refractivity contribution in [3.05, 3.63) is 59.2 Å². The van der Waals surface area contributed by atoms with E-state index in [1.807, 2.05) is 32.2 Å². The standard InChI is InChI=1S/C21H25N3O6S/c1-14-8-10-17(11-9-14)31(28,29)24(4)12-20(26)30-13-19(25)23-21(27)22-18-7-5-6-15(2)16(18)3/h5-11H,12-13H2,1-4H3,(H2,22,23,25,27). The number of hydrogen-bond acceptors (Lipinski definition) is 6. The van der Waals surface area contributed by atoms with Crippen LogP contribution in [0.15, 0.2) is 47.4 Å². The molecule has 0 bridgehead atoms. The van der Waals surface area contributed by atoms with Crippen molar-refractivity contribution >= 4 is 33.6 Å². The second kappa shape index (κ2) is 10.2. The molecule has 2 aromatic rings. The predicted octanol–water partition coefficient (Wildman–Crippen LogP) is 2.12. The van der Waals surface area contributed by atoms with Gasteiger partial charge in [0.05, 0.1) is 4.90 Å². The Morgan fingerprint density at radius 1 is 1.00 bits per heavy atom. The number of imide groups is 1. The van der Waals surface area contributed by atoms with Crippen molar-refractivity contribution in [2.75, 3.05) is 25.5 Å². The Balaban J connectivity index is 1.83. The summed E-state index contributed by atoms with van der Waals surface area (Å²) in [6.07, 6.45) is 0. The van der Waals surface area contributed by atoms with Crippen LogP contribution < -0.4 is 10.6 Å². The van der Waals surface area contributed by atoms with E-state index in [0.717, 1.165) is 21.0 Å². The molecule has 31 heavy (non-hydrogen) atoms. The lowest BCUT2D eigenvalue weighted by atomic mass is 10.1. The van der Waals surface area contributed by atoms with Gasteiger partial charge in [-0.05, 0) is 50.1 Å². The van der Waals surface area contributed by atoms with Crippen molar-refractivity contribution in [3.8, 4) is 0 Å². The fourth-order valence-electron chi connectivity index (χ4n) is 2.55. The molecular weight excluding hydrogens is 422 g/mol. The fraction of sp³-hybridized carbons (Fsp3) is 0.286. The first kappa shape index (κ1) is 24.0. The Labute approximate surface area is 181 Å². The van der Waals surface area contributed by atoms with Gasteiger partial charge in [-0.25, -0.2) is 13.2 Å². The summed E-state index contributed by atoms with van der Waals surface area (Å²) in [5, 5.41) is 4.59. The molecule has 0 aliphatic heterocycles. The van der Waals surface area contributed by atoms with E-state index in [1.165, 1.54) is 19.2 Å². The summed E-state index contributed by atoms with van der Waals surface area (Å²) >= 11 is 0. The third kappa shape index (κ3) is 6.63. The van der Waals surface area contributed by atoms with Gasteiger partial charge in [-0.15, -0.1) is 0 Å². The second-order valence-electron chi connectivity index (χ2n) is 6.98. The minimum absolute atomic E-state index is 0.0363. The topological polar surface area (TPSA) is 122 Å². The van der Waals surface area contributed by atoms with Crippen molar-refractivity contribution in [3.63, 3.8) is 0 Å². The highest BCUT2D eigenvalue weighted by Gasteiger charge is 2.24. The smallest absolute Gasteiger partial charge is 0.325 e. The number of nitrogens with zero attached hydrogens (tertiary/aromatic N) is 1. The van der Waals surface area contributed by atoms with Crippen molar-refractivity contribution in [2.24, 2.45) is 0 Å². The van der Waals surface area contributed by atoms with Gasteiger partial charge in [-0.2, -0.15) is 4.31 Å². The Morgan fingerprint density at radius 2 is 1.65 bits per heavy atom. The van der Waals surface area contributed by atoms with Crippen molar-refractivity contribution in [1.82, 2.24) is 9.62 Å². The summed E-state index contributed by atoms with van der Waals surface area (Å²) in [5.74, 6) is -1.77. The van der Waals surface area contributed by atoms with Gasteiger partial charge in [0.2, 0.25) is 10.0 Å². The SMILES string of the molecule is Cc1ccc(S(=O)(=O)N(C)CC(=O)OCC(=O)NC(=O)Nc2cccc(C)c2C)cc1. The number of amides is 3. The first-order valence-electron chi connectivity index (χ1n) is 9.36. The molecule has 0 unspecified atom stereocenters. The molecule has 0 heterocycles. The van der Waals surface area contributed by atoms with Crippen LogP contribution in [0.1, 0.15) is 16.7 Å². The first-order chi connectivity index (χ1) is 14.5. The van der Waals surface area contributed by atoms with Gasteiger partial charge in [-0.3, -0.25) is 14.9 Å². The number of likely N-dealkylation sites (N-methyl/N-ethyl adjacent to an activating group) is 1. The van der Waals surface area contributed by atoms with Crippen LogP contribution >= 0.6 is 0 Å². The molecule has 0 spiro atoms. The number of rotatable bonds is 7. The van der Waals surface area contributed by atoms with Gasteiger partial charge in [0.25, 0.3) is 5.91 Å². The molecule has 3 amide bonds. The van der Waals surface area contributed by atoms with Gasteiger partial charge in [0.15, 0.2) is 6.61 Å². The van der Waals surface area contributed by atoms with E-state index in [9.17, 15) is 22.8 Å². The maximum Gasteiger partial charge on any atom is 0.325 e. The third-order valence-electron chi connectivity index (χ3n) is 4.55. The first-order valence-corrected chi connectivity index (χ1v) is 10.8. The molecule has 0 atom stereocenters. The third-order valence-corrected chi connectivity index (χ3v) is 6.37. The van der Waals surface area contributed by atoms with E-state index >= 15 is 0 Å². The largest absolute Gasteiger partial charge is 0.455 e. The summed E-state index contributed by atoms with van der Waals surface area (Å²) in [4.78, 5) is 35.8. The Morgan fingerprint density at radius 3 is 2.29 bits per heavy atom. The summed E-state index contributed by atoms with van der Waals surface area (Å²) in [6, 6.07) is 10.7. The highest BCUT2D eigenvalue weighted by atomic mass is 32.2. The second-order valence-corrected chi connectivity index (χ2v) is 9.03. The zero-order valence-corrected chi connectivity index (χ0v) is 18.6. The Bertz CT molecular complexity index is 1080. The van der Waals surface area contributed by atoms with Crippen molar-refractivity contribution in [2.45, 2.75) is 25.7 Å². The summed E-state index contributed by atoms with van der Waals surface area (Å²) in [5.41, 5.74) is 3.27. The van der Waals surface area contributed by atoms with E-state index in [4.69, 9.17) is 4.74 Å². The normalized spacial score (nSPS) is 11.1. The summed E-state index contributed by atoms with van der Waals surface area (Å²) in [6.45, 7) is 4.23. The molecule has 0 saturated carbocycles. The number of carbonyl (C=O) groups excluding carboxylic acids is 3. The number of sulfonamides is 1. The van der Waals surface area contributed by atoms with Crippen LogP contribution in [0.4, 0.5) is 10.5 Å². The van der Waals surface area contributed by atoms with Gasteiger partial charge in [0, 0.05) is 12.7 Å². The Kier molecular flexibility index (Phi) is 7.89. The van der Waals surface area contributed by atoms with Crippen LogP contribution in [-0.4, -0.2) is 50.8 Å². The molecule has 0 radical (unpaired) electrons. The van der Waals surface area contributed by atoms with E-state index < -0.39 is 41.1 Å². The maximum absolute atomic E-state index is 12.5. The number of benzene rings is 2. The molecule has 2 N–H and O–H groups in total. The monoisotopic (exact) mass is 447 g/mol. The molecule has 0 aromatic heterocycles. The lowest BCUT2D eigenvalue weighted by Gasteiger charge is -2.16. The Hall–Kier alpha value is -3.24. The zero-order chi connectivity index (χ0) is 23.2. The molecule has 0 aliphatic carbocycles. The summed E-state index contributed by atoms with van der Waals surface area (Å²) < 4.78 is 30.6. The molecule has 0 fully saturated rings. The molecule has 2 aromatic carbocycles. The highest BCUT2D eigenvalue weighted by molar-refractivity contribution is 7.89. The van der Waals surface area contributed by atoms with Gasteiger partial charge >= 0.3 is 12.0 Å². The maximum atomic E-state index is 12.5. The molecule has 166 valence electrons. The zero-order valence-electron chi connectivity index (χ0n) is 17.8.